The minimum Gasteiger partial charge on any atom is -0.357 e. The van der Waals surface area contributed by atoms with E-state index in [2.05, 4.69) is 21.5 Å². The summed E-state index contributed by atoms with van der Waals surface area (Å²) in [6.07, 6.45) is 4.20. The summed E-state index contributed by atoms with van der Waals surface area (Å²) in [4.78, 5) is 18.9. The minimum atomic E-state index is -0.290. The molecule has 1 saturated heterocycles. The number of amides is 1. The number of anilines is 1. The van der Waals surface area contributed by atoms with E-state index in [1.807, 2.05) is 30.0 Å². The zero-order valence-corrected chi connectivity index (χ0v) is 14.4. The van der Waals surface area contributed by atoms with Crippen molar-refractivity contribution in [1.29, 1.82) is 5.26 Å². The van der Waals surface area contributed by atoms with Gasteiger partial charge >= 0.3 is 0 Å². The van der Waals surface area contributed by atoms with Crippen LogP contribution >= 0.6 is 0 Å². The molecule has 2 aromatic heterocycles. The van der Waals surface area contributed by atoms with Crippen LogP contribution in [-0.2, 0) is 11.3 Å². The van der Waals surface area contributed by atoms with Gasteiger partial charge in [0.05, 0.1) is 17.3 Å². The molecule has 1 N–H and O–H groups in total. The third-order valence-electron chi connectivity index (χ3n) is 4.58. The summed E-state index contributed by atoms with van der Waals surface area (Å²) in [5.74, 6) is 0.737. The van der Waals surface area contributed by atoms with Crippen LogP contribution in [0.15, 0.2) is 42.7 Å². The van der Waals surface area contributed by atoms with Gasteiger partial charge in [0.1, 0.15) is 11.6 Å². The van der Waals surface area contributed by atoms with Crippen LogP contribution in [0.3, 0.4) is 0 Å². The molecule has 3 heterocycles. The Bertz CT molecular complexity index is 1000. The van der Waals surface area contributed by atoms with Crippen molar-refractivity contribution in [2.75, 3.05) is 11.9 Å². The molecule has 1 aliphatic heterocycles. The Hall–Kier alpha value is -3.40. The zero-order valence-electron chi connectivity index (χ0n) is 14.4. The van der Waals surface area contributed by atoms with Gasteiger partial charge in [-0.05, 0) is 37.1 Å². The highest BCUT2D eigenvalue weighted by atomic mass is 16.2. The Morgan fingerprint density at radius 1 is 1.35 bits per heavy atom. The van der Waals surface area contributed by atoms with Crippen LogP contribution in [0.2, 0.25) is 0 Å². The average Bonchev–Trinajstić information content (AvgIpc) is 3.19. The summed E-state index contributed by atoms with van der Waals surface area (Å²) in [7, 11) is 0. The number of rotatable bonds is 4. The maximum atomic E-state index is 12.7. The number of carbonyl (C=O) groups is 1. The molecule has 0 bridgehead atoms. The first-order valence-corrected chi connectivity index (χ1v) is 8.49. The Balaban J connectivity index is 1.47. The van der Waals surface area contributed by atoms with E-state index in [-0.39, 0.29) is 11.9 Å². The number of carbonyl (C=O) groups excluding carboxylic acids is 1. The van der Waals surface area contributed by atoms with E-state index in [0.717, 1.165) is 23.2 Å². The van der Waals surface area contributed by atoms with E-state index in [1.54, 1.807) is 29.0 Å². The lowest BCUT2D eigenvalue weighted by atomic mass is 10.1. The average molecular weight is 346 g/mol. The van der Waals surface area contributed by atoms with Gasteiger partial charge in [-0.25, -0.2) is 9.50 Å². The summed E-state index contributed by atoms with van der Waals surface area (Å²) in [5.41, 5.74) is 3.41. The van der Waals surface area contributed by atoms with Gasteiger partial charge in [-0.2, -0.15) is 10.4 Å². The number of aryl methyl sites for hydroxylation is 1. The second kappa shape index (κ2) is 6.48. The summed E-state index contributed by atoms with van der Waals surface area (Å²) >= 11 is 0. The predicted octanol–water partition coefficient (Wildman–Crippen LogP) is 2.12. The van der Waals surface area contributed by atoms with Crippen molar-refractivity contribution in [1.82, 2.24) is 19.5 Å². The van der Waals surface area contributed by atoms with E-state index in [4.69, 9.17) is 5.26 Å². The van der Waals surface area contributed by atoms with Crippen molar-refractivity contribution in [2.24, 2.45) is 0 Å². The SMILES string of the molecule is Cc1cc2c(NC3CCN(Cc4ccc(C#N)cc4)C3=O)nccn2n1. The topological polar surface area (TPSA) is 86.3 Å². The van der Waals surface area contributed by atoms with Crippen molar-refractivity contribution in [3.8, 4) is 6.07 Å². The first kappa shape index (κ1) is 16.1. The van der Waals surface area contributed by atoms with E-state index >= 15 is 0 Å². The number of nitrogens with zero attached hydrogens (tertiary/aromatic N) is 5. The summed E-state index contributed by atoms with van der Waals surface area (Å²) in [6, 6.07) is 11.1. The molecule has 7 nitrogen and oxygen atoms in total. The van der Waals surface area contributed by atoms with Gasteiger partial charge in [0.2, 0.25) is 5.91 Å². The second-order valence-corrected chi connectivity index (χ2v) is 6.45. The van der Waals surface area contributed by atoms with Crippen LogP contribution in [-0.4, -0.2) is 38.0 Å². The van der Waals surface area contributed by atoms with Gasteiger partial charge in [-0.3, -0.25) is 4.79 Å². The molecule has 130 valence electrons. The maximum absolute atomic E-state index is 12.7. The fraction of sp³-hybridized carbons (Fsp3) is 0.263. The van der Waals surface area contributed by atoms with Crippen LogP contribution in [0.25, 0.3) is 5.52 Å². The van der Waals surface area contributed by atoms with Gasteiger partial charge in [-0.1, -0.05) is 12.1 Å². The summed E-state index contributed by atoms with van der Waals surface area (Å²) in [6.45, 7) is 3.17. The number of aromatic nitrogens is 3. The molecule has 26 heavy (non-hydrogen) atoms. The van der Waals surface area contributed by atoms with Crippen molar-refractivity contribution in [3.63, 3.8) is 0 Å². The number of hydrogen-bond acceptors (Lipinski definition) is 5. The largest absolute Gasteiger partial charge is 0.357 e. The van der Waals surface area contributed by atoms with Crippen molar-refractivity contribution >= 4 is 17.2 Å². The molecule has 1 aromatic carbocycles. The first-order chi connectivity index (χ1) is 12.6. The normalized spacial score (nSPS) is 16.8. The molecular formula is C19H18N6O. The highest BCUT2D eigenvalue weighted by Crippen LogP contribution is 2.21. The zero-order chi connectivity index (χ0) is 18.1. The number of nitriles is 1. The van der Waals surface area contributed by atoms with E-state index in [1.165, 1.54) is 0 Å². The third-order valence-corrected chi connectivity index (χ3v) is 4.58. The monoisotopic (exact) mass is 346 g/mol. The number of nitrogens with one attached hydrogen (secondary N) is 1. The molecule has 1 atom stereocenters. The maximum Gasteiger partial charge on any atom is 0.245 e. The van der Waals surface area contributed by atoms with E-state index in [9.17, 15) is 4.79 Å². The Morgan fingerprint density at radius 3 is 2.92 bits per heavy atom. The lowest BCUT2D eigenvalue weighted by Crippen LogP contribution is -2.33. The van der Waals surface area contributed by atoms with Crippen LogP contribution in [0.4, 0.5) is 5.82 Å². The van der Waals surface area contributed by atoms with Crippen LogP contribution < -0.4 is 5.32 Å². The molecule has 0 radical (unpaired) electrons. The fourth-order valence-corrected chi connectivity index (χ4v) is 3.26. The summed E-state index contributed by atoms with van der Waals surface area (Å²) < 4.78 is 1.76. The Kier molecular flexibility index (Phi) is 4.01. The van der Waals surface area contributed by atoms with Crippen molar-refractivity contribution in [3.05, 3.63) is 59.5 Å². The fourth-order valence-electron chi connectivity index (χ4n) is 3.26. The molecule has 3 aromatic rings. The second-order valence-electron chi connectivity index (χ2n) is 6.45. The van der Waals surface area contributed by atoms with Crippen LogP contribution in [0.5, 0.6) is 0 Å². The lowest BCUT2D eigenvalue weighted by molar-refractivity contribution is -0.128. The number of benzene rings is 1. The lowest BCUT2D eigenvalue weighted by Gasteiger charge is -2.17. The van der Waals surface area contributed by atoms with E-state index in [0.29, 0.717) is 24.5 Å². The molecule has 0 saturated carbocycles. The Labute approximate surface area is 150 Å². The molecule has 1 amide bonds. The van der Waals surface area contributed by atoms with E-state index < -0.39 is 0 Å². The van der Waals surface area contributed by atoms with Gasteiger partial charge in [0.15, 0.2) is 5.82 Å². The number of fused-ring (bicyclic) bond motifs is 1. The van der Waals surface area contributed by atoms with Crippen molar-refractivity contribution in [2.45, 2.75) is 25.9 Å². The smallest absolute Gasteiger partial charge is 0.245 e. The third kappa shape index (κ3) is 2.97. The van der Waals surface area contributed by atoms with Gasteiger partial charge < -0.3 is 10.2 Å². The Morgan fingerprint density at radius 2 is 2.15 bits per heavy atom. The molecule has 4 rings (SSSR count). The molecule has 1 aliphatic rings. The summed E-state index contributed by atoms with van der Waals surface area (Å²) in [5, 5.41) is 16.5. The van der Waals surface area contributed by atoms with Crippen LogP contribution in [0.1, 0.15) is 23.2 Å². The quantitative estimate of drug-likeness (QED) is 0.782. The molecule has 1 fully saturated rings. The van der Waals surface area contributed by atoms with Crippen molar-refractivity contribution < 1.29 is 4.79 Å². The molecule has 1 unspecified atom stereocenters. The van der Waals surface area contributed by atoms with Gasteiger partial charge in [0.25, 0.3) is 0 Å². The highest BCUT2D eigenvalue weighted by Gasteiger charge is 2.32. The first-order valence-electron chi connectivity index (χ1n) is 8.49. The standard InChI is InChI=1S/C19H18N6O/c1-13-10-17-18(21-7-9-25(17)23-13)22-16-6-8-24(19(16)26)12-15-4-2-14(11-20)3-5-15/h2-5,7,9-10,16H,6,8,12H2,1H3,(H,21,22). The van der Waals surface area contributed by atoms with Crippen LogP contribution in [0, 0.1) is 18.3 Å². The highest BCUT2D eigenvalue weighted by molar-refractivity contribution is 5.87. The molecule has 0 aliphatic carbocycles. The van der Waals surface area contributed by atoms with Gasteiger partial charge in [0, 0.05) is 25.5 Å². The molecule has 0 spiro atoms. The number of likely N-dealkylation sites (tertiary alicyclic amines) is 1. The molecular weight excluding hydrogens is 328 g/mol. The minimum absolute atomic E-state index is 0.0643. The molecule has 7 heteroatoms. The number of hydrogen-bond donors (Lipinski definition) is 1. The predicted molar refractivity (Wildman–Crippen MR) is 96.3 cm³/mol. The van der Waals surface area contributed by atoms with Gasteiger partial charge in [-0.15, -0.1) is 0 Å².